The van der Waals surface area contributed by atoms with Crippen LogP contribution in [0, 0.1) is 5.82 Å². The van der Waals surface area contributed by atoms with Gasteiger partial charge < -0.3 is 15.1 Å². The number of rotatable bonds is 3. The maximum Gasteiger partial charge on any atom is 0.323 e. The van der Waals surface area contributed by atoms with E-state index in [1.165, 1.54) is 12.1 Å². The summed E-state index contributed by atoms with van der Waals surface area (Å²) in [6.45, 7) is 0. The number of anilines is 2. The van der Waals surface area contributed by atoms with Gasteiger partial charge in [-0.05, 0) is 48.5 Å². The Morgan fingerprint density at radius 3 is 2.38 bits per heavy atom. The minimum Gasteiger partial charge on any atom is -0.436 e. The van der Waals surface area contributed by atoms with Gasteiger partial charge in [0.25, 0.3) is 0 Å². The van der Waals surface area contributed by atoms with E-state index >= 15 is 0 Å². The van der Waals surface area contributed by atoms with Crippen LogP contribution in [0.15, 0.2) is 77.2 Å². The van der Waals surface area contributed by atoms with E-state index < -0.39 is 11.8 Å². The molecule has 0 saturated carbocycles. The number of fused-ring (bicyclic) bond motifs is 1. The van der Waals surface area contributed by atoms with Gasteiger partial charge in [0.1, 0.15) is 11.3 Å². The van der Waals surface area contributed by atoms with Gasteiger partial charge in [0, 0.05) is 11.3 Å². The summed E-state index contributed by atoms with van der Waals surface area (Å²) in [5.41, 5.74) is 2.98. The maximum atomic E-state index is 13.6. The van der Waals surface area contributed by atoms with Gasteiger partial charge in [-0.15, -0.1) is 0 Å². The van der Waals surface area contributed by atoms with Crippen LogP contribution < -0.4 is 10.6 Å². The number of para-hydroxylation sites is 3. The maximum absolute atomic E-state index is 13.6. The second-order valence-corrected chi connectivity index (χ2v) is 5.62. The Kier molecular flexibility index (Phi) is 4.07. The Bertz CT molecular complexity index is 1040. The molecule has 2 amide bonds. The zero-order valence-corrected chi connectivity index (χ0v) is 13.6. The summed E-state index contributed by atoms with van der Waals surface area (Å²) in [5, 5.41) is 5.12. The minimum atomic E-state index is -0.523. The number of carbonyl (C=O) groups is 1. The molecule has 0 atom stereocenters. The molecule has 0 fully saturated rings. The van der Waals surface area contributed by atoms with Gasteiger partial charge in [-0.25, -0.2) is 14.2 Å². The third-order valence-corrected chi connectivity index (χ3v) is 3.81. The van der Waals surface area contributed by atoms with Crippen LogP contribution in [0.5, 0.6) is 0 Å². The Morgan fingerprint density at radius 1 is 0.885 bits per heavy atom. The summed E-state index contributed by atoms with van der Waals surface area (Å²) in [6, 6.07) is 20.0. The number of oxazole rings is 1. The third kappa shape index (κ3) is 3.25. The summed E-state index contributed by atoms with van der Waals surface area (Å²) in [4.78, 5) is 16.4. The Morgan fingerprint density at radius 2 is 1.62 bits per heavy atom. The van der Waals surface area contributed by atoms with Crippen molar-refractivity contribution in [2.45, 2.75) is 0 Å². The van der Waals surface area contributed by atoms with Gasteiger partial charge >= 0.3 is 6.03 Å². The van der Waals surface area contributed by atoms with E-state index in [1.54, 1.807) is 36.4 Å². The summed E-state index contributed by atoms with van der Waals surface area (Å²) < 4.78 is 19.3. The van der Waals surface area contributed by atoms with Crippen LogP contribution in [0.2, 0.25) is 0 Å². The van der Waals surface area contributed by atoms with Crippen LogP contribution in [0.25, 0.3) is 22.6 Å². The van der Waals surface area contributed by atoms with Gasteiger partial charge in [-0.1, -0.05) is 24.3 Å². The SMILES string of the molecule is O=C(Nc1ccc(-c2nc3ccccc3o2)cc1)Nc1ccccc1F. The van der Waals surface area contributed by atoms with Crippen molar-refractivity contribution in [3.8, 4) is 11.5 Å². The first-order valence-corrected chi connectivity index (χ1v) is 7.97. The number of nitrogens with zero attached hydrogens (tertiary/aromatic N) is 1. The molecule has 0 bridgehead atoms. The fraction of sp³-hybridized carbons (Fsp3) is 0. The zero-order chi connectivity index (χ0) is 17.9. The van der Waals surface area contributed by atoms with Gasteiger partial charge in [0.2, 0.25) is 5.89 Å². The second-order valence-electron chi connectivity index (χ2n) is 5.62. The molecule has 0 aliphatic heterocycles. The van der Waals surface area contributed by atoms with Crippen molar-refractivity contribution in [2.75, 3.05) is 10.6 Å². The van der Waals surface area contributed by atoms with Crippen molar-refractivity contribution in [1.29, 1.82) is 0 Å². The number of hydrogen-bond acceptors (Lipinski definition) is 3. The monoisotopic (exact) mass is 347 g/mol. The molecule has 4 rings (SSSR count). The summed E-state index contributed by atoms with van der Waals surface area (Å²) in [6.07, 6.45) is 0. The topological polar surface area (TPSA) is 67.2 Å². The molecular weight excluding hydrogens is 333 g/mol. The largest absolute Gasteiger partial charge is 0.436 e. The molecule has 6 heteroatoms. The van der Waals surface area contributed by atoms with Crippen LogP contribution in [0.4, 0.5) is 20.6 Å². The Hall–Kier alpha value is -3.67. The third-order valence-electron chi connectivity index (χ3n) is 3.81. The molecule has 0 saturated heterocycles. The molecule has 5 nitrogen and oxygen atoms in total. The van der Waals surface area contributed by atoms with Crippen molar-refractivity contribution < 1.29 is 13.6 Å². The highest BCUT2D eigenvalue weighted by Gasteiger charge is 2.09. The number of urea groups is 1. The lowest BCUT2D eigenvalue weighted by molar-refractivity contribution is 0.262. The highest BCUT2D eigenvalue weighted by Crippen LogP contribution is 2.25. The fourth-order valence-corrected chi connectivity index (χ4v) is 2.54. The average Bonchev–Trinajstić information content (AvgIpc) is 3.08. The van der Waals surface area contributed by atoms with Crippen LogP contribution in [-0.2, 0) is 0 Å². The van der Waals surface area contributed by atoms with E-state index in [4.69, 9.17) is 4.42 Å². The first-order chi connectivity index (χ1) is 12.7. The van der Waals surface area contributed by atoms with Crippen molar-refractivity contribution in [3.05, 3.63) is 78.6 Å². The zero-order valence-electron chi connectivity index (χ0n) is 13.6. The van der Waals surface area contributed by atoms with E-state index in [2.05, 4.69) is 15.6 Å². The smallest absolute Gasteiger partial charge is 0.323 e. The summed E-state index contributed by atoms with van der Waals surface area (Å²) >= 11 is 0. The molecule has 1 aromatic heterocycles. The highest BCUT2D eigenvalue weighted by atomic mass is 19.1. The first kappa shape index (κ1) is 15.8. The van der Waals surface area contributed by atoms with Crippen molar-refractivity contribution in [3.63, 3.8) is 0 Å². The standard InChI is InChI=1S/C20H14FN3O2/c21-15-5-1-2-6-16(15)24-20(25)22-14-11-9-13(10-12-14)19-23-17-7-3-4-8-18(17)26-19/h1-12H,(H2,22,24,25). The van der Waals surface area contributed by atoms with E-state index in [0.717, 1.165) is 11.1 Å². The lowest BCUT2D eigenvalue weighted by Gasteiger charge is -2.08. The van der Waals surface area contributed by atoms with Crippen molar-refractivity contribution in [2.24, 2.45) is 0 Å². The molecule has 0 aliphatic rings. The quantitative estimate of drug-likeness (QED) is 0.530. The van der Waals surface area contributed by atoms with Gasteiger partial charge in [0.15, 0.2) is 5.58 Å². The van der Waals surface area contributed by atoms with E-state index in [9.17, 15) is 9.18 Å². The van der Waals surface area contributed by atoms with E-state index in [1.807, 2.05) is 24.3 Å². The predicted molar refractivity (Wildman–Crippen MR) is 98.5 cm³/mol. The van der Waals surface area contributed by atoms with Crippen molar-refractivity contribution >= 4 is 28.5 Å². The van der Waals surface area contributed by atoms with Gasteiger partial charge in [0.05, 0.1) is 5.69 Å². The summed E-state index contributed by atoms with van der Waals surface area (Å²) in [7, 11) is 0. The number of benzene rings is 3. The molecule has 2 N–H and O–H groups in total. The lowest BCUT2D eigenvalue weighted by Crippen LogP contribution is -2.20. The Labute approximate surface area is 148 Å². The molecule has 4 aromatic rings. The van der Waals surface area contributed by atoms with Gasteiger partial charge in [-0.3, -0.25) is 0 Å². The number of nitrogens with one attached hydrogen (secondary N) is 2. The van der Waals surface area contributed by atoms with E-state index in [-0.39, 0.29) is 5.69 Å². The van der Waals surface area contributed by atoms with Crippen LogP contribution >= 0.6 is 0 Å². The molecule has 26 heavy (non-hydrogen) atoms. The van der Waals surface area contributed by atoms with Crippen LogP contribution in [-0.4, -0.2) is 11.0 Å². The number of hydrogen-bond donors (Lipinski definition) is 2. The molecule has 0 spiro atoms. The summed E-state index contributed by atoms with van der Waals surface area (Å²) in [5.74, 6) is 0.0162. The second kappa shape index (κ2) is 6.68. The van der Waals surface area contributed by atoms with Crippen LogP contribution in [0.3, 0.4) is 0 Å². The number of amides is 2. The number of aromatic nitrogens is 1. The first-order valence-electron chi connectivity index (χ1n) is 7.97. The van der Waals surface area contributed by atoms with Gasteiger partial charge in [-0.2, -0.15) is 0 Å². The number of halogens is 1. The normalized spacial score (nSPS) is 10.7. The lowest BCUT2D eigenvalue weighted by atomic mass is 10.2. The minimum absolute atomic E-state index is 0.119. The average molecular weight is 347 g/mol. The highest BCUT2D eigenvalue weighted by molar-refractivity contribution is 5.99. The fourth-order valence-electron chi connectivity index (χ4n) is 2.54. The van der Waals surface area contributed by atoms with E-state index in [0.29, 0.717) is 17.2 Å². The van der Waals surface area contributed by atoms with Crippen molar-refractivity contribution in [1.82, 2.24) is 4.98 Å². The Balaban J connectivity index is 1.47. The molecule has 0 unspecified atom stereocenters. The molecule has 0 aliphatic carbocycles. The molecular formula is C20H14FN3O2. The predicted octanol–water partition coefficient (Wildman–Crippen LogP) is 5.28. The molecule has 0 radical (unpaired) electrons. The molecule has 3 aromatic carbocycles. The molecule has 1 heterocycles. The van der Waals surface area contributed by atoms with Crippen LogP contribution in [0.1, 0.15) is 0 Å². The molecule has 128 valence electrons. The number of carbonyl (C=O) groups excluding carboxylic acids is 1.